The third-order valence-corrected chi connectivity index (χ3v) is 2.99. The molecule has 2 aromatic rings. The number of nitrogens with one attached hydrogen (secondary N) is 2. The van der Waals surface area contributed by atoms with Crippen LogP contribution in [0.1, 0.15) is 16.8 Å². The number of hydrogen-bond donors (Lipinski definition) is 2. The lowest BCUT2D eigenvalue weighted by Gasteiger charge is -2.02. The quantitative estimate of drug-likeness (QED) is 0.829. The van der Waals surface area contributed by atoms with Crippen LogP contribution in [0.2, 0.25) is 0 Å². The Morgan fingerprint density at radius 3 is 2.95 bits per heavy atom. The zero-order valence-electron chi connectivity index (χ0n) is 11.8. The first-order chi connectivity index (χ1) is 10.1. The van der Waals surface area contributed by atoms with Gasteiger partial charge in [-0.2, -0.15) is 5.10 Å². The SMILES string of the molecule is COc1ccc(/C=C/C(=O)NCc2cn[nH]c2C)cc1F. The van der Waals surface area contributed by atoms with Crippen molar-refractivity contribution in [2.24, 2.45) is 0 Å². The summed E-state index contributed by atoms with van der Waals surface area (Å²) in [5.41, 5.74) is 2.42. The molecule has 0 unspecified atom stereocenters. The van der Waals surface area contributed by atoms with Crippen LogP contribution >= 0.6 is 0 Å². The number of carbonyl (C=O) groups is 1. The van der Waals surface area contributed by atoms with Crippen molar-refractivity contribution in [2.45, 2.75) is 13.5 Å². The van der Waals surface area contributed by atoms with Gasteiger partial charge in [0.25, 0.3) is 0 Å². The minimum absolute atomic E-state index is 0.173. The van der Waals surface area contributed by atoms with Gasteiger partial charge < -0.3 is 10.1 Å². The lowest BCUT2D eigenvalue weighted by Crippen LogP contribution is -2.20. The van der Waals surface area contributed by atoms with Crippen molar-refractivity contribution in [3.63, 3.8) is 0 Å². The average Bonchev–Trinajstić information content (AvgIpc) is 2.88. The van der Waals surface area contributed by atoms with Gasteiger partial charge in [-0.15, -0.1) is 0 Å². The van der Waals surface area contributed by atoms with E-state index in [0.29, 0.717) is 12.1 Å². The third-order valence-electron chi connectivity index (χ3n) is 2.99. The molecule has 2 rings (SSSR count). The van der Waals surface area contributed by atoms with Crippen molar-refractivity contribution in [2.75, 3.05) is 7.11 Å². The van der Waals surface area contributed by atoms with Crippen molar-refractivity contribution in [3.8, 4) is 5.75 Å². The number of H-pyrrole nitrogens is 1. The molecule has 110 valence electrons. The van der Waals surface area contributed by atoms with E-state index in [1.54, 1.807) is 18.3 Å². The van der Waals surface area contributed by atoms with E-state index in [2.05, 4.69) is 15.5 Å². The van der Waals surface area contributed by atoms with Gasteiger partial charge in [-0.05, 0) is 30.7 Å². The topological polar surface area (TPSA) is 67.0 Å². The first-order valence-electron chi connectivity index (χ1n) is 6.38. The van der Waals surface area contributed by atoms with Crippen LogP contribution in [0.5, 0.6) is 5.75 Å². The van der Waals surface area contributed by atoms with Crippen LogP contribution in [0.25, 0.3) is 6.08 Å². The van der Waals surface area contributed by atoms with E-state index in [0.717, 1.165) is 11.3 Å². The van der Waals surface area contributed by atoms with Crippen LogP contribution in [-0.4, -0.2) is 23.2 Å². The minimum Gasteiger partial charge on any atom is -0.494 e. The third kappa shape index (κ3) is 3.92. The van der Waals surface area contributed by atoms with E-state index in [1.807, 2.05) is 6.92 Å². The fraction of sp³-hybridized carbons (Fsp3) is 0.200. The summed E-state index contributed by atoms with van der Waals surface area (Å²) >= 11 is 0. The molecular formula is C15H16FN3O2. The molecule has 0 aliphatic heterocycles. The maximum Gasteiger partial charge on any atom is 0.244 e. The second kappa shape index (κ2) is 6.69. The zero-order chi connectivity index (χ0) is 15.2. The number of carbonyl (C=O) groups excluding carboxylic acids is 1. The minimum atomic E-state index is -0.464. The monoisotopic (exact) mass is 289 g/mol. The Labute approximate surface area is 121 Å². The Balaban J connectivity index is 1.93. The Hall–Kier alpha value is -2.63. The summed E-state index contributed by atoms with van der Waals surface area (Å²) in [5, 5.41) is 9.39. The van der Waals surface area contributed by atoms with E-state index in [1.165, 1.54) is 25.3 Å². The molecule has 0 spiro atoms. The Morgan fingerprint density at radius 1 is 1.52 bits per heavy atom. The first-order valence-corrected chi connectivity index (χ1v) is 6.38. The van der Waals surface area contributed by atoms with Crippen LogP contribution in [0.4, 0.5) is 4.39 Å². The molecule has 0 fully saturated rings. The zero-order valence-corrected chi connectivity index (χ0v) is 11.8. The molecule has 5 nitrogen and oxygen atoms in total. The largest absolute Gasteiger partial charge is 0.494 e. The second-order valence-electron chi connectivity index (χ2n) is 4.47. The number of benzene rings is 1. The number of rotatable bonds is 5. The van der Waals surface area contributed by atoms with Gasteiger partial charge in [0.15, 0.2) is 11.6 Å². The number of aryl methyl sites for hydroxylation is 1. The summed E-state index contributed by atoms with van der Waals surface area (Å²) in [6.07, 6.45) is 4.56. The molecule has 0 saturated carbocycles. The number of ether oxygens (including phenoxy) is 1. The fourth-order valence-corrected chi connectivity index (χ4v) is 1.75. The lowest BCUT2D eigenvalue weighted by molar-refractivity contribution is -0.116. The van der Waals surface area contributed by atoms with Gasteiger partial charge >= 0.3 is 0 Å². The first kappa shape index (κ1) is 14.8. The van der Waals surface area contributed by atoms with Gasteiger partial charge in [-0.3, -0.25) is 9.89 Å². The summed E-state index contributed by atoms with van der Waals surface area (Å²) in [5.74, 6) is -0.548. The van der Waals surface area contributed by atoms with Gasteiger partial charge in [0, 0.05) is 23.9 Å². The highest BCUT2D eigenvalue weighted by atomic mass is 19.1. The lowest BCUT2D eigenvalue weighted by atomic mass is 10.2. The molecule has 1 aromatic heterocycles. The van der Waals surface area contributed by atoms with E-state index < -0.39 is 5.82 Å². The van der Waals surface area contributed by atoms with Crippen LogP contribution in [0.15, 0.2) is 30.5 Å². The van der Waals surface area contributed by atoms with Gasteiger partial charge in [0.05, 0.1) is 13.3 Å². The summed E-state index contributed by atoms with van der Waals surface area (Å²) in [7, 11) is 1.40. The van der Waals surface area contributed by atoms with Crippen LogP contribution in [0.3, 0.4) is 0 Å². The Kier molecular flexibility index (Phi) is 4.71. The van der Waals surface area contributed by atoms with Crippen molar-refractivity contribution in [1.29, 1.82) is 0 Å². The van der Waals surface area contributed by atoms with Gasteiger partial charge in [-0.1, -0.05) is 6.07 Å². The number of nitrogens with zero attached hydrogens (tertiary/aromatic N) is 1. The molecule has 21 heavy (non-hydrogen) atoms. The summed E-state index contributed by atoms with van der Waals surface area (Å²) in [6, 6.07) is 4.50. The second-order valence-corrected chi connectivity index (χ2v) is 4.47. The normalized spacial score (nSPS) is 10.8. The average molecular weight is 289 g/mol. The molecule has 6 heteroatoms. The Bertz CT molecular complexity index is 665. The maximum absolute atomic E-state index is 13.5. The molecule has 2 N–H and O–H groups in total. The van der Waals surface area contributed by atoms with Crippen molar-refractivity contribution in [3.05, 3.63) is 53.1 Å². The van der Waals surface area contributed by atoms with Crippen molar-refractivity contribution in [1.82, 2.24) is 15.5 Å². The highest BCUT2D eigenvalue weighted by molar-refractivity contribution is 5.91. The number of aromatic amines is 1. The maximum atomic E-state index is 13.5. The molecule has 0 atom stereocenters. The highest BCUT2D eigenvalue weighted by Gasteiger charge is 2.03. The van der Waals surface area contributed by atoms with Crippen molar-refractivity contribution >= 4 is 12.0 Å². The van der Waals surface area contributed by atoms with Crippen LogP contribution in [-0.2, 0) is 11.3 Å². The van der Waals surface area contributed by atoms with Crippen LogP contribution in [0, 0.1) is 12.7 Å². The van der Waals surface area contributed by atoms with Gasteiger partial charge in [0.1, 0.15) is 0 Å². The molecule has 0 saturated heterocycles. The molecule has 0 aliphatic rings. The number of aromatic nitrogens is 2. The molecule has 0 radical (unpaired) electrons. The van der Waals surface area contributed by atoms with E-state index in [-0.39, 0.29) is 11.7 Å². The van der Waals surface area contributed by atoms with E-state index in [9.17, 15) is 9.18 Å². The molecule has 1 aromatic carbocycles. The van der Waals surface area contributed by atoms with E-state index in [4.69, 9.17) is 4.74 Å². The molecule has 0 bridgehead atoms. The number of hydrogen-bond acceptors (Lipinski definition) is 3. The summed E-state index contributed by atoms with van der Waals surface area (Å²) in [6.45, 7) is 2.27. The highest BCUT2D eigenvalue weighted by Crippen LogP contribution is 2.18. The predicted molar refractivity (Wildman–Crippen MR) is 77.2 cm³/mol. The Morgan fingerprint density at radius 2 is 2.33 bits per heavy atom. The predicted octanol–water partition coefficient (Wildman–Crippen LogP) is 2.20. The molecule has 1 heterocycles. The molecule has 0 aliphatic carbocycles. The summed E-state index contributed by atoms with van der Waals surface area (Å²) in [4.78, 5) is 11.7. The molecule has 1 amide bonds. The van der Waals surface area contributed by atoms with Crippen molar-refractivity contribution < 1.29 is 13.9 Å². The summed E-state index contributed by atoms with van der Waals surface area (Å²) < 4.78 is 18.3. The van der Waals surface area contributed by atoms with E-state index >= 15 is 0 Å². The van der Waals surface area contributed by atoms with Gasteiger partial charge in [0.2, 0.25) is 5.91 Å². The van der Waals surface area contributed by atoms with Gasteiger partial charge in [-0.25, -0.2) is 4.39 Å². The molecular weight excluding hydrogens is 273 g/mol. The van der Waals surface area contributed by atoms with Crippen LogP contribution < -0.4 is 10.1 Å². The fourth-order valence-electron chi connectivity index (χ4n) is 1.75. The smallest absolute Gasteiger partial charge is 0.244 e. The number of methoxy groups -OCH3 is 1. The number of amides is 1. The standard InChI is InChI=1S/C15H16FN3O2/c1-10-12(9-18-19-10)8-17-15(20)6-4-11-3-5-14(21-2)13(16)7-11/h3-7,9H,8H2,1-2H3,(H,17,20)(H,18,19)/b6-4+. The number of halogens is 1.